The van der Waals surface area contributed by atoms with Gasteiger partial charge in [0.25, 0.3) is 0 Å². The molecule has 0 fully saturated rings. The van der Waals surface area contributed by atoms with Crippen molar-refractivity contribution in [3.63, 3.8) is 0 Å². The van der Waals surface area contributed by atoms with Gasteiger partial charge in [-0.05, 0) is 95.8 Å². The summed E-state index contributed by atoms with van der Waals surface area (Å²) in [6.45, 7) is 0. The highest BCUT2D eigenvalue weighted by Gasteiger charge is 2.17. The number of hydrogen-bond acceptors (Lipinski definition) is 1. The molecule has 0 amide bonds. The van der Waals surface area contributed by atoms with E-state index in [4.69, 9.17) is 4.98 Å². The molecular formula is C53H37N3. The molecule has 3 aromatic heterocycles. The second kappa shape index (κ2) is 13.3. The first-order chi connectivity index (χ1) is 27.8. The Kier molecular flexibility index (Phi) is 7.63. The number of para-hydroxylation sites is 2. The average molecular weight is 716 g/mol. The minimum atomic E-state index is 0.966. The van der Waals surface area contributed by atoms with Crippen molar-refractivity contribution in [3.05, 3.63) is 200 Å². The molecule has 11 rings (SSSR count). The van der Waals surface area contributed by atoms with Crippen molar-refractivity contribution >= 4 is 49.3 Å². The van der Waals surface area contributed by atoms with E-state index >= 15 is 0 Å². The molecule has 0 radical (unpaired) electrons. The van der Waals surface area contributed by atoms with Crippen LogP contribution in [0.1, 0.15) is 12.8 Å². The average Bonchev–Trinajstić information content (AvgIpc) is 3.79. The van der Waals surface area contributed by atoms with Gasteiger partial charge in [-0.1, -0.05) is 140 Å². The lowest BCUT2D eigenvalue weighted by Gasteiger charge is -2.13. The van der Waals surface area contributed by atoms with E-state index in [0.29, 0.717) is 0 Å². The van der Waals surface area contributed by atoms with Crippen LogP contribution in [-0.4, -0.2) is 14.1 Å². The van der Waals surface area contributed by atoms with E-state index in [1.165, 1.54) is 60.4 Å². The molecule has 10 aromatic rings. The smallest absolute Gasteiger partial charge is 0.0715 e. The van der Waals surface area contributed by atoms with Gasteiger partial charge < -0.3 is 9.13 Å². The maximum atomic E-state index is 5.09. The highest BCUT2D eigenvalue weighted by molar-refractivity contribution is 6.13. The fourth-order valence-electron chi connectivity index (χ4n) is 8.64. The minimum Gasteiger partial charge on any atom is -0.310 e. The van der Waals surface area contributed by atoms with Crippen LogP contribution in [0.15, 0.2) is 200 Å². The number of rotatable bonds is 6. The number of aromatic nitrogens is 3. The van der Waals surface area contributed by atoms with Crippen molar-refractivity contribution in [3.8, 4) is 50.5 Å². The second-order valence-electron chi connectivity index (χ2n) is 14.7. The van der Waals surface area contributed by atoms with Gasteiger partial charge in [-0.15, -0.1) is 0 Å². The predicted octanol–water partition coefficient (Wildman–Crippen LogP) is 14.1. The fourth-order valence-corrected chi connectivity index (χ4v) is 8.64. The molecule has 3 nitrogen and oxygen atoms in total. The lowest BCUT2D eigenvalue weighted by atomic mass is 9.99. The van der Waals surface area contributed by atoms with E-state index in [1.807, 2.05) is 12.1 Å². The van der Waals surface area contributed by atoms with Gasteiger partial charge >= 0.3 is 0 Å². The highest BCUT2D eigenvalue weighted by Crippen LogP contribution is 2.39. The standard InChI is InChI=1S/C53H37N3/c1-4-14-37(15-5-1)48-33-41(34-49(54-48)38-16-6-2-7-17-38)36-24-28-43(29-25-36)55-51-23-13-11-21-45(51)47-32-39(27-31-52(47)55)40-26-30-46-44-20-10-12-22-50(44)56(53(46)35-40)42-18-8-3-9-19-42/h1-2,4-8,10-35H,3,9H2. The van der Waals surface area contributed by atoms with E-state index in [0.717, 1.165) is 52.2 Å². The summed E-state index contributed by atoms with van der Waals surface area (Å²) in [5.74, 6) is 0. The number of nitrogens with zero attached hydrogens (tertiary/aromatic N) is 3. The molecule has 1 aliphatic carbocycles. The van der Waals surface area contributed by atoms with Crippen LogP contribution in [0.4, 0.5) is 0 Å². The van der Waals surface area contributed by atoms with E-state index < -0.39 is 0 Å². The van der Waals surface area contributed by atoms with Crippen LogP contribution >= 0.6 is 0 Å². The van der Waals surface area contributed by atoms with Crippen molar-refractivity contribution < 1.29 is 0 Å². The fraction of sp³-hybridized carbons (Fsp3) is 0.0377. The quantitative estimate of drug-likeness (QED) is 0.168. The lowest BCUT2D eigenvalue weighted by Crippen LogP contribution is -1.97. The Balaban J connectivity index is 1.01. The zero-order valence-corrected chi connectivity index (χ0v) is 30.8. The van der Waals surface area contributed by atoms with E-state index in [2.05, 4.69) is 197 Å². The SMILES string of the molecule is C1=CC(n2c3ccccc3c3ccc(-c4ccc5c(c4)c4ccccc4n5-c4ccc(-c5cc(-c6ccccc6)nc(-c6ccccc6)c5)cc4)cc32)=CCC1. The van der Waals surface area contributed by atoms with Gasteiger partial charge in [0, 0.05) is 44.1 Å². The van der Waals surface area contributed by atoms with E-state index in [-0.39, 0.29) is 0 Å². The molecule has 3 heteroatoms. The Morgan fingerprint density at radius 2 is 0.911 bits per heavy atom. The van der Waals surface area contributed by atoms with Crippen molar-refractivity contribution in [2.24, 2.45) is 0 Å². The summed E-state index contributed by atoms with van der Waals surface area (Å²) < 4.78 is 4.84. The number of allylic oxidation sites excluding steroid dienone is 4. The normalized spacial score (nSPS) is 12.9. The summed E-state index contributed by atoms with van der Waals surface area (Å²) in [7, 11) is 0. The Morgan fingerprint density at radius 1 is 0.357 bits per heavy atom. The Labute approximate surface area is 325 Å². The molecule has 0 saturated carbocycles. The Hall–Kier alpha value is -7.23. The van der Waals surface area contributed by atoms with E-state index in [9.17, 15) is 0 Å². The van der Waals surface area contributed by atoms with Crippen molar-refractivity contribution in [1.29, 1.82) is 0 Å². The summed E-state index contributed by atoms with van der Waals surface area (Å²) >= 11 is 0. The maximum absolute atomic E-state index is 5.09. The maximum Gasteiger partial charge on any atom is 0.0715 e. The number of pyridine rings is 1. The van der Waals surface area contributed by atoms with Crippen LogP contribution in [0.2, 0.25) is 0 Å². The van der Waals surface area contributed by atoms with Gasteiger partial charge in [-0.25, -0.2) is 4.98 Å². The second-order valence-corrected chi connectivity index (χ2v) is 14.7. The topological polar surface area (TPSA) is 22.8 Å². The van der Waals surface area contributed by atoms with Crippen LogP contribution in [0.3, 0.4) is 0 Å². The first-order valence-electron chi connectivity index (χ1n) is 19.4. The molecule has 0 atom stereocenters. The molecule has 0 saturated heterocycles. The molecule has 0 aliphatic heterocycles. The van der Waals surface area contributed by atoms with Crippen LogP contribution in [0, 0.1) is 0 Å². The third kappa shape index (κ3) is 5.39. The van der Waals surface area contributed by atoms with Gasteiger partial charge in [0.15, 0.2) is 0 Å². The monoisotopic (exact) mass is 715 g/mol. The number of fused-ring (bicyclic) bond motifs is 6. The molecule has 0 N–H and O–H groups in total. The number of hydrogen-bond donors (Lipinski definition) is 0. The van der Waals surface area contributed by atoms with Crippen LogP contribution in [-0.2, 0) is 0 Å². The lowest BCUT2D eigenvalue weighted by molar-refractivity contribution is 1.02. The van der Waals surface area contributed by atoms with Crippen LogP contribution < -0.4 is 0 Å². The van der Waals surface area contributed by atoms with Crippen molar-refractivity contribution in [2.45, 2.75) is 12.8 Å². The first-order valence-corrected chi connectivity index (χ1v) is 19.4. The Bertz CT molecular complexity index is 3100. The largest absolute Gasteiger partial charge is 0.310 e. The summed E-state index contributed by atoms with van der Waals surface area (Å²) in [6.07, 6.45) is 9.10. The van der Waals surface area contributed by atoms with Gasteiger partial charge in [0.05, 0.1) is 33.5 Å². The predicted molar refractivity (Wildman–Crippen MR) is 236 cm³/mol. The molecule has 0 bridgehead atoms. The molecule has 1 aliphatic rings. The zero-order valence-electron chi connectivity index (χ0n) is 30.8. The summed E-state index contributed by atoms with van der Waals surface area (Å²) in [5, 5.41) is 5.06. The number of benzene rings is 7. The minimum absolute atomic E-state index is 0.966. The summed E-state index contributed by atoms with van der Waals surface area (Å²) in [5.41, 5.74) is 16.1. The molecule has 264 valence electrons. The summed E-state index contributed by atoms with van der Waals surface area (Å²) in [4.78, 5) is 5.09. The molecular weight excluding hydrogens is 679 g/mol. The summed E-state index contributed by atoms with van der Waals surface area (Å²) in [6, 6.07) is 65.8. The van der Waals surface area contributed by atoms with Gasteiger partial charge in [-0.3, -0.25) is 0 Å². The van der Waals surface area contributed by atoms with Crippen LogP contribution in [0.25, 0.3) is 99.8 Å². The van der Waals surface area contributed by atoms with Gasteiger partial charge in [0.2, 0.25) is 0 Å². The van der Waals surface area contributed by atoms with Crippen molar-refractivity contribution in [1.82, 2.24) is 14.1 Å². The molecule has 56 heavy (non-hydrogen) atoms. The first kappa shape index (κ1) is 32.2. The third-order valence-electron chi connectivity index (χ3n) is 11.3. The van der Waals surface area contributed by atoms with Gasteiger partial charge in [0.1, 0.15) is 0 Å². The molecule has 0 spiro atoms. The third-order valence-corrected chi connectivity index (χ3v) is 11.3. The van der Waals surface area contributed by atoms with Crippen LogP contribution in [0.5, 0.6) is 0 Å². The van der Waals surface area contributed by atoms with Crippen molar-refractivity contribution in [2.75, 3.05) is 0 Å². The van der Waals surface area contributed by atoms with E-state index in [1.54, 1.807) is 0 Å². The highest BCUT2D eigenvalue weighted by atomic mass is 15.0. The molecule has 7 aromatic carbocycles. The van der Waals surface area contributed by atoms with Gasteiger partial charge in [-0.2, -0.15) is 0 Å². The molecule has 0 unspecified atom stereocenters. The zero-order chi connectivity index (χ0) is 37.0. The Morgan fingerprint density at radius 3 is 1.59 bits per heavy atom. The molecule has 3 heterocycles.